The molecular weight excluding hydrogens is 346 g/mol. The first-order valence-electron chi connectivity index (χ1n) is 8.76. The molecule has 4 N–H and O–H groups in total. The molecule has 2 aromatic heterocycles. The van der Waals surface area contributed by atoms with Gasteiger partial charge in [-0.25, -0.2) is 0 Å². The van der Waals surface area contributed by atoms with Gasteiger partial charge in [0, 0.05) is 40.3 Å². The quantitative estimate of drug-likeness (QED) is 0.526. The van der Waals surface area contributed by atoms with Crippen LogP contribution in [0.2, 0.25) is 0 Å². The van der Waals surface area contributed by atoms with Crippen molar-refractivity contribution in [3.8, 4) is 5.75 Å². The van der Waals surface area contributed by atoms with E-state index in [0.717, 1.165) is 22.2 Å². The van der Waals surface area contributed by atoms with E-state index in [-0.39, 0.29) is 18.3 Å². The van der Waals surface area contributed by atoms with Gasteiger partial charge < -0.3 is 19.9 Å². The number of nitrogens with zero attached hydrogens (tertiary/aromatic N) is 1. The molecule has 0 fully saturated rings. The van der Waals surface area contributed by atoms with E-state index in [4.69, 9.17) is 4.74 Å². The Morgan fingerprint density at radius 1 is 1.37 bits per heavy atom. The number of nitrogens with one attached hydrogen (secondary N) is 2. The summed E-state index contributed by atoms with van der Waals surface area (Å²) in [5, 5.41) is 24.8. The second-order valence-electron chi connectivity index (χ2n) is 6.73. The van der Waals surface area contributed by atoms with E-state index in [1.807, 2.05) is 24.3 Å². The Labute approximate surface area is 156 Å². The van der Waals surface area contributed by atoms with E-state index in [0.29, 0.717) is 23.2 Å². The highest BCUT2D eigenvalue weighted by atomic mass is 16.5. The lowest BCUT2D eigenvalue weighted by Crippen LogP contribution is -2.45. The number of ether oxygens (including phenoxy) is 1. The number of benzene rings is 1. The first-order valence-corrected chi connectivity index (χ1v) is 8.76. The maximum absolute atomic E-state index is 12.3. The molecule has 27 heavy (non-hydrogen) atoms. The van der Waals surface area contributed by atoms with Crippen LogP contribution in [0.15, 0.2) is 30.5 Å². The number of carbonyl (C=O) groups is 1. The third-order valence-corrected chi connectivity index (χ3v) is 5.21. The number of esters is 1. The number of methoxy groups -OCH3 is 1. The summed E-state index contributed by atoms with van der Waals surface area (Å²) < 4.78 is 4.95. The van der Waals surface area contributed by atoms with Gasteiger partial charge >= 0.3 is 5.97 Å². The fraction of sp³-hybridized carbons (Fsp3) is 0.300. The summed E-state index contributed by atoms with van der Waals surface area (Å²) in [5.74, 6) is -0.360. The fourth-order valence-electron chi connectivity index (χ4n) is 3.86. The Balaban J connectivity index is 1.96. The Bertz CT molecular complexity index is 1030. The van der Waals surface area contributed by atoms with Crippen molar-refractivity contribution in [3.63, 3.8) is 0 Å². The number of para-hydroxylation sites is 1. The SMILES string of the molecule is COC(=O)[C@H]1Cc2c([nH]c3ccccc23)[C@@H](c2c(CO)cnc(C)c2O)N1. The number of aromatic amines is 1. The van der Waals surface area contributed by atoms with Crippen LogP contribution in [0.3, 0.4) is 0 Å². The number of hydrogen-bond donors (Lipinski definition) is 4. The molecule has 0 saturated heterocycles. The Morgan fingerprint density at radius 2 is 2.15 bits per heavy atom. The predicted octanol–water partition coefficient (Wildman–Crippen LogP) is 1.85. The van der Waals surface area contributed by atoms with Crippen molar-refractivity contribution in [1.82, 2.24) is 15.3 Å². The van der Waals surface area contributed by atoms with Gasteiger partial charge in [-0.15, -0.1) is 0 Å². The molecule has 0 spiro atoms. The van der Waals surface area contributed by atoms with Crippen molar-refractivity contribution >= 4 is 16.9 Å². The number of aliphatic hydroxyl groups is 1. The highest BCUT2D eigenvalue weighted by molar-refractivity contribution is 5.87. The van der Waals surface area contributed by atoms with Gasteiger partial charge in [0.15, 0.2) is 0 Å². The molecule has 1 aliphatic rings. The fourth-order valence-corrected chi connectivity index (χ4v) is 3.86. The number of aliphatic hydroxyl groups excluding tert-OH is 1. The average molecular weight is 367 g/mol. The van der Waals surface area contributed by atoms with Crippen LogP contribution >= 0.6 is 0 Å². The molecule has 1 aromatic carbocycles. The van der Waals surface area contributed by atoms with Crippen molar-refractivity contribution in [1.29, 1.82) is 0 Å². The number of aromatic nitrogens is 2. The maximum atomic E-state index is 12.3. The van der Waals surface area contributed by atoms with Crippen molar-refractivity contribution in [2.45, 2.75) is 32.0 Å². The third kappa shape index (κ3) is 2.75. The summed E-state index contributed by atoms with van der Waals surface area (Å²) >= 11 is 0. The molecule has 0 aliphatic carbocycles. The predicted molar refractivity (Wildman–Crippen MR) is 99.3 cm³/mol. The standard InChI is InChI=1S/C20H21N3O4/c1-10-19(25)16(11(9-24)8-21-10)18-17-13(7-15(23-18)20(26)27-2)12-5-3-4-6-14(12)22-17/h3-6,8,15,18,22-25H,7,9H2,1-2H3/t15-,18-/m1/s1. The van der Waals surface area contributed by atoms with Gasteiger partial charge in [0.1, 0.15) is 11.8 Å². The lowest BCUT2D eigenvalue weighted by molar-refractivity contribution is -0.143. The number of H-pyrrole nitrogens is 1. The number of aromatic hydroxyl groups is 1. The summed E-state index contributed by atoms with van der Waals surface area (Å²) in [7, 11) is 1.36. The second-order valence-corrected chi connectivity index (χ2v) is 6.73. The van der Waals surface area contributed by atoms with Crippen LogP contribution in [-0.2, 0) is 22.6 Å². The molecule has 140 valence electrons. The van der Waals surface area contributed by atoms with Crippen LogP contribution in [0.4, 0.5) is 0 Å². The first-order chi connectivity index (χ1) is 13.0. The monoisotopic (exact) mass is 367 g/mol. The minimum absolute atomic E-state index is 0.00849. The summed E-state index contributed by atoms with van der Waals surface area (Å²) in [4.78, 5) is 19.8. The summed E-state index contributed by atoms with van der Waals surface area (Å²) in [5.41, 5.74) is 4.31. The molecular formula is C20H21N3O4. The Kier molecular flexibility index (Phi) is 4.33. The smallest absolute Gasteiger partial charge is 0.323 e. The zero-order chi connectivity index (χ0) is 19.1. The van der Waals surface area contributed by atoms with Gasteiger partial charge in [0.05, 0.1) is 25.5 Å². The van der Waals surface area contributed by atoms with Crippen LogP contribution in [0.25, 0.3) is 10.9 Å². The van der Waals surface area contributed by atoms with Crippen LogP contribution in [-0.4, -0.2) is 39.3 Å². The van der Waals surface area contributed by atoms with E-state index in [1.54, 1.807) is 13.1 Å². The number of carbonyl (C=O) groups excluding carboxylic acids is 1. The molecule has 0 amide bonds. The van der Waals surface area contributed by atoms with E-state index < -0.39 is 12.1 Å². The highest BCUT2D eigenvalue weighted by Crippen LogP contribution is 2.40. The van der Waals surface area contributed by atoms with Crippen LogP contribution in [0.5, 0.6) is 5.75 Å². The molecule has 2 atom stereocenters. The van der Waals surface area contributed by atoms with Crippen LogP contribution < -0.4 is 5.32 Å². The van der Waals surface area contributed by atoms with Gasteiger partial charge in [-0.1, -0.05) is 18.2 Å². The van der Waals surface area contributed by atoms with Crippen molar-refractivity contribution in [3.05, 3.63) is 58.5 Å². The minimum atomic E-state index is -0.564. The molecule has 7 heteroatoms. The van der Waals surface area contributed by atoms with Crippen molar-refractivity contribution < 1.29 is 19.7 Å². The van der Waals surface area contributed by atoms with Gasteiger partial charge in [-0.2, -0.15) is 0 Å². The molecule has 7 nitrogen and oxygen atoms in total. The van der Waals surface area contributed by atoms with Crippen LogP contribution in [0, 0.1) is 6.92 Å². The molecule has 4 rings (SSSR count). The zero-order valence-electron chi connectivity index (χ0n) is 15.1. The van der Waals surface area contributed by atoms with Gasteiger partial charge in [-0.05, 0) is 18.6 Å². The summed E-state index contributed by atoms with van der Waals surface area (Å²) in [6.45, 7) is 1.43. The summed E-state index contributed by atoms with van der Waals surface area (Å²) in [6, 6.07) is 6.81. The van der Waals surface area contributed by atoms with E-state index >= 15 is 0 Å². The van der Waals surface area contributed by atoms with Crippen molar-refractivity contribution in [2.75, 3.05) is 7.11 Å². The second kappa shape index (κ2) is 6.68. The van der Waals surface area contributed by atoms with E-state index in [9.17, 15) is 15.0 Å². The average Bonchev–Trinajstić information content (AvgIpc) is 3.07. The Hall–Kier alpha value is -2.90. The number of aryl methyl sites for hydroxylation is 1. The highest BCUT2D eigenvalue weighted by Gasteiger charge is 2.36. The third-order valence-electron chi connectivity index (χ3n) is 5.21. The lowest BCUT2D eigenvalue weighted by Gasteiger charge is -2.31. The first kappa shape index (κ1) is 17.5. The Morgan fingerprint density at radius 3 is 2.89 bits per heavy atom. The van der Waals surface area contributed by atoms with E-state index in [1.165, 1.54) is 7.11 Å². The largest absolute Gasteiger partial charge is 0.506 e. The molecule has 3 aromatic rings. The lowest BCUT2D eigenvalue weighted by atomic mass is 9.88. The molecule has 1 aliphatic heterocycles. The normalized spacial score (nSPS) is 19.1. The van der Waals surface area contributed by atoms with Gasteiger partial charge in [0.25, 0.3) is 0 Å². The number of rotatable bonds is 3. The number of fused-ring (bicyclic) bond motifs is 3. The van der Waals surface area contributed by atoms with Crippen LogP contribution in [0.1, 0.15) is 34.1 Å². The minimum Gasteiger partial charge on any atom is -0.506 e. The molecule has 0 bridgehead atoms. The molecule has 0 radical (unpaired) electrons. The number of hydrogen-bond acceptors (Lipinski definition) is 6. The topological polar surface area (TPSA) is 107 Å². The van der Waals surface area contributed by atoms with Gasteiger partial charge in [-0.3, -0.25) is 15.1 Å². The zero-order valence-corrected chi connectivity index (χ0v) is 15.1. The van der Waals surface area contributed by atoms with E-state index in [2.05, 4.69) is 15.3 Å². The van der Waals surface area contributed by atoms with Gasteiger partial charge in [0.2, 0.25) is 0 Å². The number of pyridine rings is 1. The maximum Gasteiger partial charge on any atom is 0.323 e. The molecule has 3 heterocycles. The summed E-state index contributed by atoms with van der Waals surface area (Å²) in [6.07, 6.45) is 2.03. The molecule has 0 unspecified atom stereocenters. The van der Waals surface area contributed by atoms with Crippen molar-refractivity contribution in [2.24, 2.45) is 0 Å². The molecule has 0 saturated carbocycles.